The second kappa shape index (κ2) is 2.94. The fraction of sp³-hybridized carbons (Fsp3) is 0.667. The number of hydrogen-bond donors (Lipinski definition) is 2. The van der Waals surface area contributed by atoms with Crippen LogP contribution < -0.4 is 0 Å². The lowest BCUT2D eigenvalue weighted by Gasteiger charge is -2.31. The Balaban J connectivity index is 2.30. The van der Waals surface area contributed by atoms with Gasteiger partial charge >= 0.3 is 5.97 Å². The second-order valence-corrected chi connectivity index (χ2v) is 4.09. The molecule has 1 spiro atoms. The summed E-state index contributed by atoms with van der Waals surface area (Å²) in [7, 11) is 0. The number of hydrogen-bond acceptors (Lipinski definition) is 4. The van der Waals surface area contributed by atoms with Crippen LogP contribution in [0.5, 0.6) is 0 Å². The molecule has 2 aliphatic rings. The van der Waals surface area contributed by atoms with Gasteiger partial charge in [0.25, 0.3) is 0 Å². The average molecular weight is 200 g/mol. The van der Waals surface area contributed by atoms with E-state index < -0.39 is 11.6 Å². The van der Waals surface area contributed by atoms with Gasteiger partial charge in [0.1, 0.15) is 4.91 Å². The predicted molar refractivity (Wildman–Crippen MR) is 50.5 cm³/mol. The molecule has 0 aromatic heterocycles. The van der Waals surface area contributed by atoms with Crippen molar-refractivity contribution in [2.75, 3.05) is 0 Å². The molecule has 0 atom stereocenters. The first-order valence-electron chi connectivity index (χ1n) is 4.52. The van der Waals surface area contributed by atoms with E-state index in [0.29, 0.717) is 0 Å². The molecule has 13 heavy (non-hydrogen) atoms. The van der Waals surface area contributed by atoms with E-state index in [2.05, 4.69) is 12.6 Å². The molecule has 0 bridgehead atoms. The van der Waals surface area contributed by atoms with Gasteiger partial charge in [0.2, 0.25) is 0 Å². The summed E-state index contributed by atoms with van der Waals surface area (Å²) in [6.45, 7) is 0. The lowest BCUT2D eigenvalue weighted by molar-refractivity contribution is -0.150. The molecule has 72 valence electrons. The first kappa shape index (κ1) is 8.94. The summed E-state index contributed by atoms with van der Waals surface area (Å²) in [5, 5.41) is 9.70. The molecule has 0 aromatic rings. The van der Waals surface area contributed by atoms with E-state index in [1.807, 2.05) is 0 Å². The van der Waals surface area contributed by atoms with Crippen LogP contribution in [0.4, 0.5) is 0 Å². The number of esters is 1. The maximum atomic E-state index is 11.1. The quantitative estimate of drug-likeness (QED) is 0.464. The van der Waals surface area contributed by atoms with E-state index in [-0.39, 0.29) is 10.7 Å². The van der Waals surface area contributed by atoms with Crippen molar-refractivity contribution in [3.63, 3.8) is 0 Å². The summed E-state index contributed by atoms with van der Waals surface area (Å²) < 4.78 is 5.17. The maximum Gasteiger partial charge on any atom is 0.348 e. The second-order valence-electron chi connectivity index (χ2n) is 3.64. The van der Waals surface area contributed by atoms with Crippen molar-refractivity contribution in [1.29, 1.82) is 0 Å². The predicted octanol–water partition coefficient (Wildman–Crippen LogP) is 1.95. The van der Waals surface area contributed by atoms with Gasteiger partial charge in [-0.15, -0.1) is 12.6 Å². The highest BCUT2D eigenvalue weighted by atomic mass is 32.1. The summed E-state index contributed by atoms with van der Waals surface area (Å²) in [6.07, 6.45) is 4.61. The zero-order valence-electron chi connectivity index (χ0n) is 7.25. The molecular formula is C9H12O3S. The number of thiol groups is 1. The number of carbonyl (C=O) groups is 1. The maximum absolute atomic E-state index is 11.1. The Hall–Kier alpha value is -0.640. The van der Waals surface area contributed by atoms with Crippen LogP contribution in [0.1, 0.15) is 32.1 Å². The van der Waals surface area contributed by atoms with Crippen molar-refractivity contribution >= 4 is 18.6 Å². The van der Waals surface area contributed by atoms with Gasteiger partial charge in [-0.2, -0.15) is 0 Å². The monoisotopic (exact) mass is 200 g/mol. The van der Waals surface area contributed by atoms with E-state index >= 15 is 0 Å². The highest BCUT2D eigenvalue weighted by Gasteiger charge is 2.47. The Labute approximate surface area is 82.2 Å². The normalized spacial score (nSPS) is 26.7. The molecule has 0 unspecified atom stereocenters. The minimum absolute atomic E-state index is 0.0422. The van der Waals surface area contributed by atoms with Crippen LogP contribution in [0.3, 0.4) is 0 Å². The molecule has 3 nitrogen and oxygen atoms in total. The summed E-state index contributed by atoms with van der Waals surface area (Å²) in [5.74, 6) is -0.441. The molecule has 1 heterocycles. The van der Waals surface area contributed by atoms with Gasteiger partial charge in [-0.3, -0.25) is 0 Å². The molecular weight excluding hydrogens is 188 g/mol. The molecule has 1 aliphatic carbocycles. The molecule has 0 amide bonds. The average Bonchev–Trinajstić information content (AvgIpc) is 2.33. The third-order valence-corrected chi connectivity index (χ3v) is 3.19. The van der Waals surface area contributed by atoms with E-state index in [0.717, 1.165) is 32.1 Å². The number of carbonyl (C=O) groups excluding carboxylic acids is 1. The standard InChI is InChI=1S/C9H12O3S/c10-7-6(13)8(11)12-9(7)4-2-1-3-5-9/h10,13H,1-5H2. The fourth-order valence-corrected chi connectivity index (χ4v) is 2.30. The van der Waals surface area contributed by atoms with Crippen molar-refractivity contribution in [3.05, 3.63) is 10.7 Å². The SMILES string of the molecule is O=C1OC2(CCCCC2)C(O)=C1S. The van der Waals surface area contributed by atoms with Crippen molar-refractivity contribution < 1.29 is 14.6 Å². The smallest absolute Gasteiger partial charge is 0.348 e. The van der Waals surface area contributed by atoms with Crippen LogP contribution in [-0.2, 0) is 9.53 Å². The van der Waals surface area contributed by atoms with Crippen molar-refractivity contribution in [3.8, 4) is 0 Å². The molecule has 0 aromatic carbocycles. The summed E-state index contributed by atoms with van der Waals surface area (Å²) in [5.41, 5.74) is -0.716. The Morgan fingerprint density at radius 1 is 1.31 bits per heavy atom. The molecule has 2 rings (SSSR count). The van der Waals surface area contributed by atoms with Gasteiger partial charge in [0, 0.05) is 0 Å². The van der Waals surface area contributed by atoms with Crippen molar-refractivity contribution in [1.82, 2.24) is 0 Å². The highest BCUT2D eigenvalue weighted by molar-refractivity contribution is 7.85. The van der Waals surface area contributed by atoms with E-state index in [4.69, 9.17) is 4.74 Å². The molecule has 1 aliphatic heterocycles. The zero-order chi connectivity index (χ0) is 9.47. The van der Waals surface area contributed by atoms with Gasteiger partial charge in [0.15, 0.2) is 11.4 Å². The van der Waals surface area contributed by atoms with Crippen LogP contribution >= 0.6 is 12.6 Å². The lowest BCUT2D eigenvalue weighted by Crippen LogP contribution is -2.34. The first-order valence-corrected chi connectivity index (χ1v) is 4.96. The van der Waals surface area contributed by atoms with E-state index in [9.17, 15) is 9.90 Å². The van der Waals surface area contributed by atoms with Crippen LogP contribution in [0.2, 0.25) is 0 Å². The number of ether oxygens (including phenoxy) is 1. The molecule has 4 heteroatoms. The zero-order valence-corrected chi connectivity index (χ0v) is 8.14. The number of rotatable bonds is 0. The molecule has 0 radical (unpaired) electrons. The minimum atomic E-state index is -0.716. The highest BCUT2D eigenvalue weighted by Crippen LogP contribution is 2.43. The van der Waals surface area contributed by atoms with Crippen molar-refractivity contribution in [2.45, 2.75) is 37.7 Å². The molecule has 1 fully saturated rings. The van der Waals surface area contributed by atoms with Crippen LogP contribution in [-0.4, -0.2) is 16.7 Å². The minimum Gasteiger partial charge on any atom is -0.507 e. The first-order chi connectivity index (χ1) is 6.16. The summed E-state index contributed by atoms with van der Waals surface area (Å²) >= 11 is 3.92. The Morgan fingerprint density at radius 3 is 2.38 bits per heavy atom. The Kier molecular flexibility index (Phi) is 2.02. The molecule has 0 saturated heterocycles. The Morgan fingerprint density at radius 2 is 1.92 bits per heavy atom. The van der Waals surface area contributed by atoms with E-state index in [1.54, 1.807) is 0 Å². The van der Waals surface area contributed by atoms with Crippen molar-refractivity contribution in [2.24, 2.45) is 0 Å². The molecule has 1 saturated carbocycles. The lowest BCUT2D eigenvalue weighted by atomic mass is 9.84. The fourth-order valence-electron chi connectivity index (χ4n) is 2.05. The van der Waals surface area contributed by atoms with Gasteiger partial charge in [-0.25, -0.2) is 4.79 Å². The van der Waals surface area contributed by atoms with Crippen LogP contribution in [0.25, 0.3) is 0 Å². The Bertz CT molecular complexity index is 277. The summed E-state index contributed by atoms with van der Waals surface area (Å²) in [6, 6.07) is 0. The largest absolute Gasteiger partial charge is 0.507 e. The van der Waals surface area contributed by atoms with Gasteiger partial charge in [-0.1, -0.05) is 6.42 Å². The molecule has 1 N–H and O–H groups in total. The van der Waals surface area contributed by atoms with E-state index in [1.165, 1.54) is 0 Å². The van der Waals surface area contributed by atoms with Gasteiger partial charge in [-0.05, 0) is 25.7 Å². The third-order valence-electron chi connectivity index (χ3n) is 2.80. The van der Waals surface area contributed by atoms with Crippen LogP contribution in [0.15, 0.2) is 10.7 Å². The summed E-state index contributed by atoms with van der Waals surface area (Å²) in [4.78, 5) is 11.2. The van der Waals surface area contributed by atoms with Gasteiger partial charge < -0.3 is 9.84 Å². The number of aliphatic hydroxyl groups excluding tert-OH is 1. The van der Waals surface area contributed by atoms with Crippen LogP contribution in [0, 0.1) is 0 Å². The number of aliphatic hydroxyl groups is 1. The topological polar surface area (TPSA) is 46.5 Å². The van der Waals surface area contributed by atoms with Gasteiger partial charge in [0.05, 0.1) is 0 Å². The third kappa shape index (κ3) is 1.24.